The van der Waals surface area contributed by atoms with E-state index in [1.807, 2.05) is 0 Å². The maximum absolute atomic E-state index is 2.46. The molecule has 0 bridgehead atoms. The Balaban J connectivity index is 3.95. The van der Waals surface area contributed by atoms with Crippen molar-refractivity contribution < 1.29 is 0 Å². The van der Waals surface area contributed by atoms with E-state index in [-0.39, 0.29) is 0 Å². The van der Waals surface area contributed by atoms with Gasteiger partial charge in [-0.25, -0.2) is 0 Å². The van der Waals surface area contributed by atoms with Gasteiger partial charge in [0.1, 0.15) is 0 Å². The average Bonchev–Trinajstić information content (AvgIpc) is 2.08. The maximum Gasteiger partial charge on any atom is 0.0122 e. The van der Waals surface area contributed by atoms with Crippen LogP contribution in [0.3, 0.4) is 0 Å². The monoisotopic (exact) mass is 241 g/mol. The topological polar surface area (TPSA) is 3.24 Å². The fourth-order valence-electron chi connectivity index (χ4n) is 1.63. The Kier molecular flexibility index (Phi) is 5.72. The molecule has 0 aromatic rings. The first kappa shape index (κ1) is 17.0. The molecular formula is C16H35N. The zero-order valence-corrected chi connectivity index (χ0v) is 13.8. The molecule has 17 heavy (non-hydrogen) atoms. The molecule has 0 fully saturated rings. The van der Waals surface area contributed by atoms with Gasteiger partial charge >= 0.3 is 0 Å². The standard InChI is InChI=1S/C16H35N/c1-14(2,3)16(7,8)12-10-11-13-17(9)15(4,5)6/h10-13H2,1-9H3. The van der Waals surface area contributed by atoms with Crippen molar-refractivity contribution in [1.29, 1.82) is 0 Å². The van der Waals surface area contributed by atoms with Gasteiger partial charge in [-0.3, -0.25) is 0 Å². The highest BCUT2D eigenvalue weighted by Gasteiger charge is 2.31. The van der Waals surface area contributed by atoms with Crippen molar-refractivity contribution in [2.75, 3.05) is 13.6 Å². The van der Waals surface area contributed by atoms with E-state index in [2.05, 4.69) is 67.3 Å². The first-order chi connectivity index (χ1) is 7.38. The Morgan fingerprint density at radius 2 is 1.24 bits per heavy atom. The van der Waals surface area contributed by atoms with Gasteiger partial charge in [0.05, 0.1) is 0 Å². The first-order valence-corrected chi connectivity index (χ1v) is 7.09. The van der Waals surface area contributed by atoms with E-state index in [0.29, 0.717) is 16.4 Å². The van der Waals surface area contributed by atoms with Crippen LogP contribution in [0.25, 0.3) is 0 Å². The van der Waals surface area contributed by atoms with Gasteiger partial charge in [-0.05, 0) is 58.0 Å². The lowest BCUT2D eigenvalue weighted by Crippen LogP contribution is -2.38. The highest BCUT2D eigenvalue weighted by atomic mass is 15.1. The summed E-state index contributed by atoms with van der Waals surface area (Å²) in [6.45, 7) is 19.9. The molecule has 0 aromatic carbocycles. The molecule has 0 rings (SSSR count). The van der Waals surface area contributed by atoms with Crippen LogP contribution in [0.1, 0.15) is 74.7 Å². The van der Waals surface area contributed by atoms with Gasteiger partial charge in [0.2, 0.25) is 0 Å². The third kappa shape index (κ3) is 5.90. The second-order valence-corrected chi connectivity index (χ2v) is 8.18. The molecule has 1 heteroatoms. The molecule has 1 nitrogen and oxygen atoms in total. The van der Waals surface area contributed by atoms with Crippen LogP contribution >= 0.6 is 0 Å². The summed E-state index contributed by atoms with van der Waals surface area (Å²) >= 11 is 0. The molecule has 0 aliphatic heterocycles. The summed E-state index contributed by atoms with van der Waals surface area (Å²) in [5.41, 5.74) is 1.15. The Morgan fingerprint density at radius 3 is 1.59 bits per heavy atom. The third-order valence-electron chi connectivity index (χ3n) is 4.72. The normalized spacial score (nSPS) is 14.5. The minimum Gasteiger partial charge on any atom is -0.302 e. The highest BCUT2D eigenvalue weighted by molar-refractivity contribution is 4.82. The molecule has 0 heterocycles. The van der Waals surface area contributed by atoms with Crippen LogP contribution in [0.2, 0.25) is 0 Å². The van der Waals surface area contributed by atoms with Gasteiger partial charge < -0.3 is 4.90 Å². The predicted octanol–water partition coefficient (Wildman–Crippen LogP) is 4.96. The second-order valence-electron chi connectivity index (χ2n) is 8.18. The SMILES string of the molecule is CN(CCCCC(C)(C)C(C)(C)C)C(C)(C)C. The van der Waals surface area contributed by atoms with Gasteiger partial charge in [0.25, 0.3) is 0 Å². The van der Waals surface area contributed by atoms with E-state index in [0.717, 1.165) is 0 Å². The van der Waals surface area contributed by atoms with Gasteiger partial charge in [-0.1, -0.05) is 41.0 Å². The summed E-state index contributed by atoms with van der Waals surface area (Å²) in [4.78, 5) is 2.46. The quantitative estimate of drug-likeness (QED) is 0.615. The summed E-state index contributed by atoms with van der Waals surface area (Å²) in [6, 6.07) is 0. The van der Waals surface area contributed by atoms with Gasteiger partial charge in [-0.2, -0.15) is 0 Å². The fraction of sp³-hybridized carbons (Fsp3) is 1.00. The van der Waals surface area contributed by atoms with Crippen LogP contribution < -0.4 is 0 Å². The van der Waals surface area contributed by atoms with Crippen LogP contribution in [0.4, 0.5) is 0 Å². The molecule has 104 valence electrons. The minimum absolute atomic E-state index is 0.305. The molecule has 0 unspecified atom stereocenters. The van der Waals surface area contributed by atoms with Crippen molar-refractivity contribution in [3.63, 3.8) is 0 Å². The Bertz CT molecular complexity index is 215. The van der Waals surface area contributed by atoms with Crippen molar-refractivity contribution >= 4 is 0 Å². The molecule has 0 saturated heterocycles. The van der Waals surface area contributed by atoms with Crippen LogP contribution in [-0.2, 0) is 0 Å². The van der Waals surface area contributed by atoms with E-state index < -0.39 is 0 Å². The summed E-state index contributed by atoms with van der Waals surface area (Å²) in [5.74, 6) is 0. The van der Waals surface area contributed by atoms with E-state index in [1.165, 1.54) is 25.8 Å². The maximum atomic E-state index is 2.46. The van der Waals surface area contributed by atoms with E-state index in [1.54, 1.807) is 0 Å². The van der Waals surface area contributed by atoms with Crippen LogP contribution in [0.5, 0.6) is 0 Å². The van der Waals surface area contributed by atoms with Crippen molar-refractivity contribution in [3.05, 3.63) is 0 Å². The smallest absolute Gasteiger partial charge is 0.0122 e. The molecule has 0 atom stereocenters. The Labute approximate surface area is 110 Å². The first-order valence-electron chi connectivity index (χ1n) is 7.09. The highest BCUT2D eigenvalue weighted by Crippen LogP contribution is 2.41. The van der Waals surface area contributed by atoms with Crippen molar-refractivity contribution in [2.45, 2.75) is 80.2 Å². The molecule has 0 spiro atoms. The molecule has 0 amide bonds. The molecule has 0 aliphatic carbocycles. The molecule has 0 aliphatic rings. The summed E-state index contributed by atoms with van der Waals surface area (Å²) in [6.07, 6.45) is 3.98. The van der Waals surface area contributed by atoms with Gasteiger partial charge in [0.15, 0.2) is 0 Å². The molecule has 0 radical (unpaired) electrons. The minimum atomic E-state index is 0.305. The average molecular weight is 241 g/mol. The molecule has 0 saturated carbocycles. The van der Waals surface area contributed by atoms with Crippen LogP contribution in [-0.4, -0.2) is 24.0 Å². The van der Waals surface area contributed by atoms with Crippen LogP contribution in [0.15, 0.2) is 0 Å². The second kappa shape index (κ2) is 5.73. The molecular weight excluding hydrogens is 206 g/mol. The van der Waals surface area contributed by atoms with E-state index >= 15 is 0 Å². The summed E-state index contributed by atoms with van der Waals surface area (Å²) in [5, 5.41) is 0. The summed E-state index contributed by atoms with van der Waals surface area (Å²) < 4.78 is 0. The molecule has 0 aromatic heterocycles. The van der Waals surface area contributed by atoms with Crippen molar-refractivity contribution in [1.82, 2.24) is 4.90 Å². The number of hydrogen-bond donors (Lipinski definition) is 0. The lowest BCUT2D eigenvalue weighted by Gasteiger charge is -2.39. The summed E-state index contributed by atoms with van der Waals surface area (Å²) in [7, 11) is 2.23. The zero-order chi connectivity index (χ0) is 13.9. The van der Waals surface area contributed by atoms with E-state index in [4.69, 9.17) is 0 Å². The molecule has 0 N–H and O–H groups in total. The predicted molar refractivity (Wildman–Crippen MR) is 79.5 cm³/mol. The van der Waals surface area contributed by atoms with E-state index in [9.17, 15) is 0 Å². The lowest BCUT2D eigenvalue weighted by atomic mass is 9.67. The fourth-order valence-corrected chi connectivity index (χ4v) is 1.63. The Hall–Kier alpha value is -0.0400. The van der Waals surface area contributed by atoms with Crippen LogP contribution in [0, 0.1) is 10.8 Å². The van der Waals surface area contributed by atoms with Crippen molar-refractivity contribution in [2.24, 2.45) is 10.8 Å². The number of hydrogen-bond acceptors (Lipinski definition) is 1. The van der Waals surface area contributed by atoms with Crippen molar-refractivity contribution in [3.8, 4) is 0 Å². The lowest BCUT2D eigenvalue weighted by molar-refractivity contribution is 0.110. The largest absolute Gasteiger partial charge is 0.302 e. The number of rotatable bonds is 5. The van der Waals surface area contributed by atoms with Gasteiger partial charge in [0, 0.05) is 5.54 Å². The third-order valence-corrected chi connectivity index (χ3v) is 4.72. The number of nitrogens with zero attached hydrogens (tertiary/aromatic N) is 1. The Morgan fingerprint density at radius 1 is 0.765 bits per heavy atom. The zero-order valence-electron chi connectivity index (χ0n) is 13.8. The van der Waals surface area contributed by atoms with Gasteiger partial charge in [-0.15, -0.1) is 0 Å². The number of unbranched alkanes of at least 4 members (excludes halogenated alkanes) is 1.